The van der Waals surface area contributed by atoms with Gasteiger partial charge in [-0.2, -0.15) is 0 Å². The normalized spacial score (nSPS) is 9.00. The largest absolute Gasteiger partial charge is 0.123 e. The zero-order valence-corrected chi connectivity index (χ0v) is 16.1. The fourth-order valence-corrected chi connectivity index (χ4v) is 2.35. The summed E-state index contributed by atoms with van der Waals surface area (Å²) in [5, 5.41) is 0. The van der Waals surface area contributed by atoms with Crippen LogP contribution in [0.1, 0.15) is 80.1 Å². The topological polar surface area (TPSA) is 0 Å². The van der Waals surface area contributed by atoms with Gasteiger partial charge in [-0.1, -0.05) is 80.1 Å². The van der Waals surface area contributed by atoms with E-state index in [1.54, 1.807) is 0 Å². The molecule has 0 spiro atoms. The van der Waals surface area contributed by atoms with Crippen molar-refractivity contribution in [1.82, 2.24) is 0 Å². The maximum absolute atomic E-state index is 2.26. The smallest absolute Gasteiger partial charge is 0.0382 e. The fraction of sp³-hybridized carbons (Fsp3) is 1.00. The van der Waals surface area contributed by atoms with Crippen molar-refractivity contribution in [3.05, 3.63) is 0 Å². The summed E-state index contributed by atoms with van der Waals surface area (Å²) in [6.45, 7) is 13.4. The van der Waals surface area contributed by atoms with E-state index in [9.17, 15) is 0 Å². The molecule has 0 saturated carbocycles. The van der Waals surface area contributed by atoms with E-state index in [0.29, 0.717) is 0 Å². The Morgan fingerprint density at radius 2 is 0.722 bits per heavy atom. The predicted octanol–water partition coefficient (Wildman–Crippen LogP) is 6.78. The van der Waals surface area contributed by atoms with Crippen molar-refractivity contribution in [3.8, 4) is 0 Å². The van der Waals surface area contributed by atoms with Crippen LogP contribution in [0.3, 0.4) is 0 Å². The van der Waals surface area contributed by atoms with Crippen LogP contribution in [-0.4, -0.2) is 24.6 Å². The summed E-state index contributed by atoms with van der Waals surface area (Å²) >= 11 is 0. The molecule has 0 N–H and O–H groups in total. The zero-order chi connectivity index (χ0) is 14.5. The summed E-state index contributed by atoms with van der Waals surface area (Å²) < 4.78 is 0. The Bertz CT molecular complexity index is 79.1. The fourth-order valence-electron chi connectivity index (χ4n) is 1.35. The third kappa shape index (κ3) is 43.6. The molecule has 0 fully saturated rings. The van der Waals surface area contributed by atoms with Crippen LogP contribution >= 0.6 is 17.2 Å². The molecule has 0 aliphatic rings. The van der Waals surface area contributed by atoms with Crippen LogP contribution < -0.4 is 0 Å². The SMILES string of the molecule is CCCCCCCC.CCPCC.CCPCC. The van der Waals surface area contributed by atoms with Crippen molar-refractivity contribution in [3.63, 3.8) is 0 Å². The van der Waals surface area contributed by atoms with Crippen LogP contribution in [0.4, 0.5) is 0 Å². The molecule has 0 heterocycles. The van der Waals surface area contributed by atoms with Crippen LogP contribution in [0.2, 0.25) is 0 Å². The highest BCUT2D eigenvalue weighted by Gasteiger charge is 1.83. The van der Waals surface area contributed by atoms with E-state index in [1.165, 1.54) is 80.3 Å². The number of hydrogen-bond acceptors (Lipinski definition) is 0. The van der Waals surface area contributed by atoms with Gasteiger partial charge in [0.2, 0.25) is 0 Å². The van der Waals surface area contributed by atoms with Crippen LogP contribution in [0.25, 0.3) is 0 Å². The Kier molecular flexibility index (Phi) is 40.8. The van der Waals surface area contributed by atoms with Gasteiger partial charge in [0, 0.05) is 0 Å². The van der Waals surface area contributed by atoms with Crippen molar-refractivity contribution in [2.24, 2.45) is 0 Å². The van der Waals surface area contributed by atoms with E-state index >= 15 is 0 Å². The molecule has 0 radical (unpaired) electrons. The van der Waals surface area contributed by atoms with Crippen molar-refractivity contribution in [2.45, 2.75) is 80.1 Å². The Hall–Kier alpha value is 0.860. The van der Waals surface area contributed by atoms with Crippen LogP contribution in [0.5, 0.6) is 0 Å². The molecule has 0 saturated heterocycles. The zero-order valence-electron chi connectivity index (χ0n) is 14.1. The maximum Gasteiger partial charge on any atom is -0.0382 e. The lowest BCUT2D eigenvalue weighted by Gasteiger charge is -1.93. The van der Waals surface area contributed by atoms with Gasteiger partial charge in [0.05, 0.1) is 0 Å². The van der Waals surface area contributed by atoms with E-state index in [2.05, 4.69) is 41.5 Å². The lowest BCUT2D eigenvalue weighted by Crippen LogP contribution is -1.73. The van der Waals surface area contributed by atoms with Gasteiger partial charge < -0.3 is 0 Å². The maximum atomic E-state index is 2.26. The lowest BCUT2D eigenvalue weighted by molar-refractivity contribution is 0.624. The van der Waals surface area contributed by atoms with Gasteiger partial charge >= 0.3 is 0 Å². The van der Waals surface area contributed by atoms with Crippen LogP contribution in [0.15, 0.2) is 0 Å². The van der Waals surface area contributed by atoms with Gasteiger partial charge in [-0.15, -0.1) is 17.2 Å². The summed E-state index contributed by atoms with van der Waals surface area (Å²) in [4.78, 5) is 0. The molecule has 0 nitrogen and oxygen atoms in total. The number of unbranched alkanes of at least 4 members (excludes halogenated alkanes) is 5. The molecule has 0 bridgehead atoms. The third-order valence-electron chi connectivity index (χ3n) is 2.46. The van der Waals surface area contributed by atoms with E-state index < -0.39 is 0 Å². The van der Waals surface area contributed by atoms with Crippen molar-refractivity contribution in [1.29, 1.82) is 0 Å². The Labute approximate surface area is 122 Å². The van der Waals surface area contributed by atoms with Crippen molar-refractivity contribution in [2.75, 3.05) is 24.6 Å². The van der Waals surface area contributed by atoms with Gasteiger partial charge in [0.1, 0.15) is 0 Å². The summed E-state index contributed by atoms with van der Waals surface area (Å²) in [7, 11) is 2.40. The van der Waals surface area contributed by atoms with E-state index in [4.69, 9.17) is 0 Å². The van der Waals surface area contributed by atoms with E-state index in [0.717, 1.165) is 0 Å². The minimum atomic E-state index is 1.20. The van der Waals surface area contributed by atoms with Gasteiger partial charge in [0.15, 0.2) is 0 Å². The van der Waals surface area contributed by atoms with Crippen molar-refractivity contribution < 1.29 is 0 Å². The standard InChI is InChI=1S/C8H18.2C4H11P/c1-3-5-7-8-6-4-2;2*1-3-5-4-2/h3-8H2,1-2H3;2*5H,3-4H2,1-2H3. The van der Waals surface area contributed by atoms with Crippen LogP contribution in [-0.2, 0) is 0 Å². The second-order valence-corrected chi connectivity index (χ2v) is 8.16. The molecule has 0 rings (SSSR count). The third-order valence-corrected chi connectivity index (χ3v) is 4.46. The van der Waals surface area contributed by atoms with Crippen molar-refractivity contribution >= 4 is 17.2 Å². The highest BCUT2D eigenvalue weighted by atomic mass is 31.1. The highest BCUT2D eigenvalue weighted by molar-refractivity contribution is 7.38. The van der Waals surface area contributed by atoms with Gasteiger partial charge in [-0.05, 0) is 24.6 Å². The van der Waals surface area contributed by atoms with Crippen LogP contribution in [0, 0.1) is 0 Å². The average molecular weight is 294 g/mol. The molecule has 0 aromatic heterocycles. The lowest BCUT2D eigenvalue weighted by atomic mass is 10.1. The summed E-state index contributed by atoms with van der Waals surface area (Å²) in [5.74, 6) is 0. The second kappa shape index (κ2) is 30.7. The molecule has 0 unspecified atom stereocenters. The molecular weight excluding hydrogens is 254 g/mol. The minimum absolute atomic E-state index is 1.20. The first-order valence-corrected chi connectivity index (χ1v) is 11.0. The predicted molar refractivity (Wildman–Crippen MR) is 97.8 cm³/mol. The van der Waals surface area contributed by atoms with Gasteiger partial charge in [-0.3, -0.25) is 0 Å². The first-order chi connectivity index (χ1) is 8.74. The first kappa shape index (κ1) is 23.9. The summed E-state index contributed by atoms with van der Waals surface area (Å²) in [6.07, 6.45) is 14.0. The molecule has 0 amide bonds. The molecule has 0 aliphatic carbocycles. The average Bonchev–Trinajstić information content (AvgIpc) is 2.38. The van der Waals surface area contributed by atoms with Gasteiger partial charge in [0.25, 0.3) is 0 Å². The Morgan fingerprint density at radius 1 is 0.444 bits per heavy atom. The highest BCUT2D eigenvalue weighted by Crippen LogP contribution is 2.04. The second-order valence-electron chi connectivity index (χ2n) is 4.33. The summed E-state index contributed by atoms with van der Waals surface area (Å²) in [6, 6.07) is 0. The molecular formula is C16H40P2. The Balaban J connectivity index is -0.000000197. The molecule has 0 atom stereocenters. The molecule has 114 valence electrons. The van der Waals surface area contributed by atoms with Gasteiger partial charge in [-0.25, -0.2) is 0 Å². The molecule has 0 aromatic rings. The molecule has 0 aliphatic heterocycles. The quantitative estimate of drug-likeness (QED) is 0.325. The number of rotatable bonds is 9. The Morgan fingerprint density at radius 3 is 0.833 bits per heavy atom. The number of hydrogen-bond donors (Lipinski definition) is 0. The first-order valence-electron chi connectivity index (χ1n) is 8.16. The monoisotopic (exact) mass is 294 g/mol. The molecule has 2 heteroatoms. The molecule has 0 aromatic carbocycles. The summed E-state index contributed by atoms with van der Waals surface area (Å²) in [5.41, 5.74) is 0. The molecule has 18 heavy (non-hydrogen) atoms. The van der Waals surface area contributed by atoms with E-state index in [1.807, 2.05) is 0 Å². The van der Waals surface area contributed by atoms with E-state index in [-0.39, 0.29) is 0 Å². The minimum Gasteiger partial charge on any atom is -0.123 e.